The van der Waals surface area contributed by atoms with Gasteiger partial charge in [0.2, 0.25) is 5.91 Å². The molecule has 1 amide bonds. The van der Waals surface area contributed by atoms with Crippen LogP contribution in [0.4, 0.5) is 0 Å². The molecule has 2 bridgehead atoms. The highest BCUT2D eigenvalue weighted by Gasteiger charge is 2.40. The van der Waals surface area contributed by atoms with Crippen molar-refractivity contribution < 1.29 is 19.4 Å². The number of carboxylic acids is 1. The Bertz CT molecular complexity index is 785. The molecule has 3 aliphatic heterocycles. The number of ether oxygens (including phenoxy) is 1. The number of nitrogens with one attached hydrogen (secondary N) is 1. The number of aliphatic carboxylic acids is 1. The average Bonchev–Trinajstić information content (AvgIpc) is 2.93. The second kappa shape index (κ2) is 10.0. The summed E-state index contributed by atoms with van der Waals surface area (Å²) in [6, 6.07) is 7.23. The van der Waals surface area contributed by atoms with Gasteiger partial charge in [0.25, 0.3) is 0 Å². The van der Waals surface area contributed by atoms with Crippen LogP contribution in [-0.2, 0) is 22.6 Å². The number of nitrogens with zero attached hydrogens (tertiary/aromatic N) is 2. The number of carbonyl (C=O) groups excluding carboxylic acids is 1. The molecule has 3 aliphatic rings. The van der Waals surface area contributed by atoms with Crippen LogP contribution in [0, 0.1) is 0 Å². The van der Waals surface area contributed by atoms with Crippen LogP contribution in [0.25, 0.3) is 0 Å². The van der Waals surface area contributed by atoms with E-state index in [0.29, 0.717) is 44.4 Å². The fourth-order valence-corrected chi connectivity index (χ4v) is 5.45. The van der Waals surface area contributed by atoms with E-state index in [-0.39, 0.29) is 12.3 Å². The number of piperidine rings is 1. The molecule has 2 unspecified atom stereocenters. The van der Waals surface area contributed by atoms with Crippen LogP contribution in [0.1, 0.15) is 56.1 Å². The van der Waals surface area contributed by atoms with Crippen molar-refractivity contribution in [3.05, 3.63) is 29.3 Å². The fourth-order valence-electron chi connectivity index (χ4n) is 5.45. The molecule has 2 atom stereocenters. The Kier molecular flexibility index (Phi) is 7.13. The number of carbonyl (C=O) groups is 2. The molecule has 0 spiro atoms. The van der Waals surface area contributed by atoms with Gasteiger partial charge in [-0.05, 0) is 63.6 Å². The first-order valence-corrected chi connectivity index (χ1v) is 11.7. The molecule has 0 aliphatic carbocycles. The van der Waals surface area contributed by atoms with Gasteiger partial charge >= 0.3 is 5.97 Å². The molecule has 7 nitrogen and oxygen atoms in total. The third-order valence-electron chi connectivity index (χ3n) is 7.19. The highest BCUT2D eigenvalue weighted by Crippen LogP contribution is 2.37. The quantitative estimate of drug-likeness (QED) is 0.768. The van der Waals surface area contributed by atoms with Gasteiger partial charge in [0, 0.05) is 36.8 Å². The van der Waals surface area contributed by atoms with Crippen molar-refractivity contribution in [1.82, 2.24) is 15.1 Å². The molecule has 0 radical (unpaired) electrons. The van der Waals surface area contributed by atoms with Crippen molar-refractivity contribution in [3.63, 3.8) is 0 Å². The van der Waals surface area contributed by atoms with Crippen LogP contribution < -0.4 is 10.1 Å². The first-order chi connectivity index (χ1) is 15.0. The van der Waals surface area contributed by atoms with E-state index in [2.05, 4.69) is 22.2 Å². The van der Waals surface area contributed by atoms with E-state index < -0.39 is 5.97 Å². The van der Waals surface area contributed by atoms with Crippen molar-refractivity contribution in [1.29, 1.82) is 0 Å². The maximum absolute atomic E-state index is 12.7. The number of hydrogen-bond acceptors (Lipinski definition) is 5. The van der Waals surface area contributed by atoms with E-state index in [0.717, 1.165) is 49.0 Å². The Labute approximate surface area is 184 Å². The summed E-state index contributed by atoms with van der Waals surface area (Å²) in [6.45, 7) is 2.32. The number of carboxylic acid groups (broad SMARTS) is 1. The third kappa shape index (κ3) is 5.57. The van der Waals surface area contributed by atoms with Crippen LogP contribution >= 0.6 is 0 Å². The summed E-state index contributed by atoms with van der Waals surface area (Å²) in [7, 11) is 2.23. The molecule has 2 N–H and O–H groups in total. The topological polar surface area (TPSA) is 82.1 Å². The van der Waals surface area contributed by atoms with E-state index in [9.17, 15) is 14.7 Å². The SMILES string of the molecule is CN1C2CCC1CC(N1CC(=O)NCCCCCOc3ccc(CC(=O)O)cc3C1)C2. The Morgan fingerprint density at radius 3 is 2.65 bits per heavy atom. The standard InChI is InChI=1S/C24H35N3O4/c1-26-19-6-7-20(26)14-21(13-19)27-15-18-11-17(12-24(29)30)5-8-22(18)31-10-4-2-3-9-25-23(28)16-27/h5,8,11,19-21H,2-4,6-7,9-10,12-16H2,1H3,(H,25,28)(H,29,30). The average molecular weight is 430 g/mol. The molecule has 2 saturated heterocycles. The minimum absolute atomic E-state index is 0.00780. The lowest BCUT2D eigenvalue weighted by Gasteiger charge is -2.41. The molecule has 2 fully saturated rings. The van der Waals surface area contributed by atoms with E-state index in [1.165, 1.54) is 12.8 Å². The second-order valence-electron chi connectivity index (χ2n) is 9.35. The first kappa shape index (κ1) is 22.1. The predicted octanol–water partition coefficient (Wildman–Crippen LogP) is 2.42. The molecular weight excluding hydrogens is 394 g/mol. The van der Waals surface area contributed by atoms with Gasteiger partial charge < -0.3 is 20.1 Å². The maximum Gasteiger partial charge on any atom is 0.307 e. The molecule has 1 aromatic carbocycles. The zero-order chi connectivity index (χ0) is 21.8. The van der Waals surface area contributed by atoms with Crippen molar-refractivity contribution >= 4 is 11.9 Å². The predicted molar refractivity (Wildman–Crippen MR) is 118 cm³/mol. The van der Waals surface area contributed by atoms with Crippen molar-refractivity contribution in [2.75, 3.05) is 26.7 Å². The normalized spacial score (nSPS) is 28.4. The Balaban J connectivity index is 1.60. The molecule has 0 saturated carbocycles. The van der Waals surface area contributed by atoms with Crippen LogP contribution in [0.15, 0.2) is 18.2 Å². The lowest BCUT2D eigenvalue weighted by molar-refractivity contribution is -0.136. The summed E-state index contributed by atoms with van der Waals surface area (Å²) in [6.07, 6.45) is 7.52. The smallest absolute Gasteiger partial charge is 0.307 e. The lowest BCUT2D eigenvalue weighted by Crippen LogP contribution is -2.51. The molecule has 31 heavy (non-hydrogen) atoms. The number of benzene rings is 1. The van der Waals surface area contributed by atoms with Gasteiger partial charge in [-0.1, -0.05) is 12.1 Å². The first-order valence-electron chi connectivity index (χ1n) is 11.7. The number of amides is 1. The molecule has 4 rings (SSSR count). The van der Waals surface area contributed by atoms with Crippen LogP contribution in [0.5, 0.6) is 5.75 Å². The third-order valence-corrected chi connectivity index (χ3v) is 7.19. The van der Waals surface area contributed by atoms with Gasteiger partial charge in [0.05, 0.1) is 19.6 Å². The van der Waals surface area contributed by atoms with Crippen molar-refractivity contribution in [2.45, 2.75) is 76.0 Å². The Morgan fingerprint density at radius 1 is 1.13 bits per heavy atom. The minimum Gasteiger partial charge on any atom is -0.493 e. The number of fused-ring (bicyclic) bond motifs is 3. The van der Waals surface area contributed by atoms with Gasteiger partial charge in [-0.2, -0.15) is 0 Å². The highest BCUT2D eigenvalue weighted by atomic mass is 16.5. The summed E-state index contributed by atoms with van der Waals surface area (Å²) >= 11 is 0. The zero-order valence-electron chi connectivity index (χ0n) is 18.5. The monoisotopic (exact) mass is 429 g/mol. The Morgan fingerprint density at radius 2 is 1.90 bits per heavy atom. The van der Waals surface area contributed by atoms with Crippen molar-refractivity contribution in [2.24, 2.45) is 0 Å². The van der Waals surface area contributed by atoms with E-state index in [4.69, 9.17) is 4.74 Å². The van der Waals surface area contributed by atoms with Gasteiger partial charge in [0.1, 0.15) is 5.75 Å². The van der Waals surface area contributed by atoms with Gasteiger partial charge in [-0.3, -0.25) is 14.5 Å². The molecular formula is C24H35N3O4. The van der Waals surface area contributed by atoms with E-state index in [1.54, 1.807) is 0 Å². The lowest BCUT2D eigenvalue weighted by atomic mass is 9.95. The summed E-state index contributed by atoms with van der Waals surface area (Å²) in [5.41, 5.74) is 1.75. The number of rotatable bonds is 3. The summed E-state index contributed by atoms with van der Waals surface area (Å²) in [4.78, 5) is 28.8. The number of hydrogen-bond donors (Lipinski definition) is 2. The maximum atomic E-state index is 12.7. The highest BCUT2D eigenvalue weighted by molar-refractivity contribution is 5.78. The van der Waals surface area contributed by atoms with Gasteiger partial charge in [0.15, 0.2) is 0 Å². The fraction of sp³-hybridized carbons (Fsp3) is 0.667. The minimum atomic E-state index is -0.839. The molecule has 3 heterocycles. The molecule has 1 aromatic rings. The van der Waals surface area contributed by atoms with Gasteiger partial charge in [-0.25, -0.2) is 0 Å². The zero-order valence-corrected chi connectivity index (χ0v) is 18.5. The van der Waals surface area contributed by atoms with E-state index in [1.807, 2.05) is 18.2 Å². The van der Waals surface area contributed by atoms with Crippen LogP contribution in [0.2, 0.25) is 0 Å². The molecule has 170 valence electrons. The van der Waals surface area contributed by atoms with Crippen LogP contribution in [-0.4, -0.2) is 71.7 Å². The summed E-state index contributed by atoms with van der Waals surface area (Å²) in [5, 5.41) is 12.3. The molecule has 0 aromatic heterocycles. The Hall–Kier alpha value is -2.12. The van der Waals surface area contributed by atoms with Gasteiger partial charge in [-0.15, -0.1) is 0 Å². The largest absolute Gasteiger partial charge is 0.493 e. The van der Waals surface area contributed by atoms with E-state index >= 15 is 0 Å². The summed E-state index contributed by atoms with van der Waals surface area (Å²) < 4.78 is 6.11. The molecule has 7 heteroatoms. The summed E-state index contributed by atoms with van der Waals surface area (Å²) in [5.74, 6) is 0.0537. The van der Waals surface area contributed by atoms with Crippen molar-refractivity contribution in [3.8, 4) is 5.75 Å². The second-order valence-corrected chi connectivity index (χ2v) is 9.35. The van der Waals surface area contributed by atoms with Crippen LogP contribution in [0.3, 0.4) is 0 Å².